The van der Waals surface area contributed by atoms with Gasteiger partial charge in [0, 0.05) is 11.6 Å². The summed E-state index contributed by atoms with van der Waals surface area (Å²) in [6.45, 7) is 3.95. The molecule has 0 saturated carbocycles. The van der Waals surface area contributed by atoms with Crippen LogP contribution in [0.2, 0.25) is 5.02 Å². The van der Waals surface area contributed by atoms with E-state index in [4.69, 9.17) is 33.3 Å². The van der Waals surface area contributed by atoms with Crippen LogP contribution >= 0.6 is 35.6 Å². The second-order valence-corrected chi connectivity index (χ2v) is 9.09. The lowest BCUT2D eigenvalue weighted by Gasteiger charge is -2.17. The summed E-state index contributed by atoms with van der Waals surface area (Å²) in [5, 5.41) is 9.23. The van der Waals surface area contributed by atoms with Crippen LogP contribution in [0, 0.1) is 13.8 Å². The van der Waals surface area contributed by atoms with Crippen LogP contribution in [0.15, 0.2) is 57.9 Å². The van der Waals surface area contributed by atoms with Gasteiger partial charge in [-0.1, -0.05) is 59.3 Å². The van der Waals surface area contributed by atoms with Crippen molar-refractivity contribution < 1.29 is 19.1 Å². The topological polar surface area (TPSA) is 70.8 Å². The number of carbonyl (C=O) groups excluding carboxylic acids is 1. The number of carbonyl (C=O) groups is 2. The average molecular weight is 470 g/mol. The van der Waals surface area contributed by atoms with Gasteiger partial charge in [-0.3, -0.25) is 9.69 Å². The molecule has 0 unspecified atom stereocenters. The van der Waals surface area contributed by atoms with Crippen molar-refractivity contribution in [2.24, 2.45) is 0 Å². The third kappa shape index (κ3) is 4.17. The van der Waals surface area contributed by atoms with Crippen LogP contribution in [0.1, 0.15) is 27.2 Å². The molecule has 3 aromatic rings. The SMILES string of the molecule is Cc1ccc(N2C(=O)/C(=C\c3ccc(-c4ccc(C(=O)O)c(Cl)c4)o3)SC2=S)c(C)c1. The third-order valence-electron chi connectivity index (χ3n) is 4.77. The Bertz CT molecular complexity index is 1280. The number of nitrogens with zero attached hydrogens (tertiary/aromatic N) is 1. The maximum absolute atomic E-state index is 13.0. The number of thiocarbonyl (C=S) groups is 1. The molecule has 4 rings (SSSR count). The molecule has 31 heavy (non-hydrogen) atoms. The van der Waals surface area contributed by atoms with Gasteiger partial charge in [-0.15, -0.1) is 0 Å². The molecule has 1 aliphatic heterocycles. The van der Waals surface area contributed by atoms with Crippen molar-refractivity contribution in [2.45, 2.75) is 13.8 Å². The number of aromatic carboxylic acids is 1. The van der Waals surface area contributed by atoms with E-state index in [1.165, 1.54) is 28.8 Å². The Morgan fingerprint density at radius 1 is 1.16 bits per heavy atom. The molecule has 156 valence electrons. The lowest BCUT2D eigenvalue weighted by Crippen LogP contribution is -2.28. The summed E-state index contributed by atoms with van der Waals surface area (Å²) in [6.07, 6.45) is 1.65. The molecule has 0 radical (unpaired) electrons. The summed E-state index contributed by atoms with van der Waals surface area (Å²) in [6, 6.07) is 13.9. The molecular weight excluding hydrogens is 454 g/mol. The van der Waals surface area contributed by atoms with Gasteiger partial charge in [0.15, 0.2) is 4.32 Å². The highest BCUT2D eigenvalue weighted by Crippen LogP contribution is 2.38. The minimum absolute atomic E-state index is 0.0206. The highest BCUT2D eigenvalue weighted by Gasteiger charge is 2.34. The normalized spacial score (nSPS) is 15.2. The molecule has 2 heterocycles. The molecule has 1 N–H and O–H groups in total. The Labute approximate surface area is 193 Å². The van der Waals surface area contributed by atoms with Gasteiger partial charge < -0.3 is 9.52 Å². The number of rotatable bonds is 4. The zero-order valence-corrected chi connectivity index (χ0v) is 18.9. The Morgan fingerprint density at radius 3 is 2.61 bits per heavy atom. The van der Waals surface area contributed by atoms with Crippen LogP contribution < -0.4 is 4.90 Å². The number of amides is 1. The minimum atomic E-state index is -1.09. The molecule has 1 aromatic heterocycles. The van der Waals surface area contributed by atoms with Crippen molar-refractivity contribution in [1.82, 2.24) is 0 Å². The fourth-order valence-electron chi connectivity index (χ4n) is 3.29. The van der Waals surface area contributed by atoms with Gasteiger partial charge in [0.1, 0.15) is 11.5 Å². The van der Waals surface area contributed by atoms with Gasteiger partial charge >= 0.3 is 5.97 Å². The molecule has 2 aromatic carbocycles. The van der Waals surface area contributed by atoms with E-state index in [2.05, 4.69) is 0 Å². The Balaban J connectivity index is 1.61. The van der Waals surface area contributed by atoms with Crippen molar-refractivity contribution in [3.63, 3.8) is 0 Å². The van der Waals surface area contributed by atoms with Crippen molar-refractivity contribution >= 4 is 63.5 Å². The number of furan rings is 1. The van der Waals surface area contributed by atoms with Crippen LogP contribution in [-0.4, -0.2) is 21.3 Å². The number of thioether (sulfide) groups is 1. The second kappa shape index (κ2) is 8.34. The number of carboxylic acid groups (broad SMARTS) is 1. The van der Waals surface area contributed by atoms with Crippen molar-refractivity contribution in [1.29, 1.82) is 0 Å². The predicted octanol–water partition coefficient (Wildman–Crippen LogP) is 6.32. The van der Waals surface area contributed by atoms with E-state index in [0.717, 1.165) is 16.8 Å². The summed E-state index contributed by atoms with van der Waals surface area (Å²) in [5.41, 5.74) is 3.51. The first-order valence-corrected chi connectivity index (χ1v) is 10.8. The number of halogens is 1. The van der Waals surface area contributed by atoms with Crippen LogP contribution in [0.25, 0.3) is 17.4 Å². The van der Waals surface area contributed by atoms with E-state index < -0.39 is 5.97 Å². The van der Waals surface area contributed by atoms with Gasteiger partial charge in [0.05, 0.1) is 21.2 Å². The summed E-state index contributed by atoms with van der Waals surface area (Å²) >= 11 is 12.7. The number of benzene rings is 2. The number of aryl methyl sites for hydroxylation is 2. The summed E-state index contributed by atoms with van der Waals surface area (Å²) in [7, 11) is 0. The van der Waals surface area contributed by atoms with E-state index in [9.17, 15) is 9.59 Å². The molecule has 1 saturated heterocycles. The van der Waals surface area contributed by atoms with Gasteiger partial charge in [-0.2, -0.15) is 0 Å². The number of hydrogen-bond donors (Lipinski definition) is 1. The molecule has 0 atom stereocenters. The monoisotopic (exact) mass is 469 g/mol. The largest absolute Gasteiger partial charge is 0.478 e. The third-order valence-corrected chi connectivity index (χ3v) is 6.39. The first kappa shape index (κ1) is 21.4. The van der Waals surface area contributed by atoms with Crippen molar-refractivity contribution in [2.75, 3.05) is 4.90 Å². The van der Waals surface area contributed by atoms with Crippen LogP contribution in [-0.2, 0) is 4.79 Å². The van der Waals surface area contributed by atoms with Gasteiger partial charge in [-0.05, 0) is 49.7 Å². The number of carboxylic acids is 1. The zero-order valence-electron chi connectivity index (χ0n) is 16.5. The van der Waals surface area contributed by atoms with E-state index >= 15 is 0 Å². The fraction of sp³-hybridized carbons (Fsp3) is 0.0870. The Hall–Kier alpha value is -2.87. The second-order valence-electron chi connectivity index (χ2n) is 7.01. The average Bonchev–Trinajstić information content (AvgIpc) is 3.27. The molecule has 0 aliphatic carbocycles. The van der Waals surface area contributed by atoms with E-state index in [0.29, 0.717) is 26.3 Å². The maximum atomic E-state index is 13.0. The quantitative estimate of drug-likeness (QED) is 0.356. The highest BCUT2D eigenvalue weighted by atomic mass is 35.5. The molecule has 8 heteroatoms. The fourth-order valence-corrected chi connectivity index (χ4v) is 4.81. The summed E-state index contributed by atoms with van der Waals surface area (Å²) in [5.74, 6) is -0.305. The standard InChI is InChI=1S/C23H16ClNO4S2/c1-12-3-7-18(13(2)9-12)25-21(26)20(31-23(25)30)11-15-5-8-19(29-15)14-4-6-16(22(27)28)17(24)10-14/h3-11H,1-2H3,(H,27,28)/b20-11+. The minimum Gasteiger partial charge on any atom is -0.478 e. The molecule has 1 fully saturated rings. The lowest BCUT2D eigenvalue weighted by molar-refractivity contribution is -0.113. The molecule has 5 nitrogen and oxygen atoms in total. The van der Waals surface area contributed by atoms with Crippen molar-refractivity contribution in [3.05, 3.63) is 80.9 Å². The molecule has 1 amide bonds. The zero-order chi connectivity index (χ0) is 22.3. The number of anilines is 1. The smallest absolute Gasteiger partial charge is 0.337 e. The van der Waals surface area contributed by atoms with Crippen LogP contribution in [0.3, 0.4) is 0 Å². The summed E-state index contributed by atoms with van der Waals surface area (Å²) in [4.78, 5) is 26.1. The van der Waals surface area contributed by atoms with E-state index in [-0.39, 0.29) is 16.5 Å². The van der Waals surface area contributed by atoms with Gasteiger partial charge in [0.2, 0.25) is 0 Å². The van der Waals surface area contributed by atoms with Crippen LogP contribution in [0.4, 0.5) is 5.69 Å². The van der Waals surface area contributed by atoms with Gasteiger partial charge in [-0.25, -0.2) is 4.79 Å². The molecular formula is C23H16ClNO4S2. The Morgan fingerprint density at radius 2 is 1.94 bits per heavy atom. The number of hydrogen-bond acceptors (Lipinski definition) is 5. The van der Waals surface area contributed by atoms with E-state index in [1.807, 2.05) is 32.0 Å². The van der Waals surface area contributed by atoms with Crippen molar-refractivity contribution in [3.8, 4) is 11.3 Å². The Kier molecular flexibility index (Phi) is 5.75. The molecule has 1 aliphatic rings. The lowest BCUT2D eigenvalue weighted by atomic mass is 10.1. The molecule has 0 bridgehead atoms. The van der Waals surface area contributed by atoms with Gasteiger partial charge in [0.25, 0.3) is 5.91 Å². The maximum Gasteiger partial charge on any atom is 0.337 e. The van der Waals surface area contributed by atoms with E-state index in [1.54, 1.807) is 24.3 Å². The first-order chi connectivity index (χ1) is 14.7. The summed E-state index contributed by atoms with van der Waals surface area (Å²) < 4.78 is 6.31. The predicted molar refractivity (Wildman–Crippen MR) is 128 cm³/mol. The molecule has 0 spiro atoms. The van der Waals surface area contributed by atoms with Crippen LogP contribution in [0.5, 0.6) is 0 Å². The highest BCUT2D eigenvalue weighted by molar-refractivity contribution is 8.27. The first-order valence-electron chi connectivity index (χ1n) is 9.23.